The van der Waals surface area contributed by atoms with Gasteiger partial charge >= 0.3 is 6.09 Å². The summed E-state index contributed by atoms with van der Waals surface area (Å²) in [4.78, 5) is 13.9. The number of hydrazine groups is 1. The van der Waals surface area contributed by atoms with E-state index < -0.39 is 5.60 Å². The number of amides is 1. The van der Waals surface area contributed by atoms with Crippen LogP contribution in [0.15, 0.2) is 0 Å². The zero-order valence-electron chi connectivity index (χ0n) is 11.5. The van der Waals surface area contributed by atoms with E-state index in [9.17, 15) is 4.79 Å². The molecule has 1 heterocycles. The van der Waals surface area contributed by atoms with E-state index in [1.807, 2.05) is 34.6 Å². The highest BCUT2D eigenvalue weighted by Crippen LogP contribution is 2.28. The van der Waals surface area contributed by atoms with Gasteiger partial charge in [-0.15, -0.1) is 0 Å². The molecule has 5 nitrogen and oxygen atoms in total. The molecule has 0 aromatic rings. The van der Waals surface area contributed by atoms with Crippen LogP contribution >= 0.6 is 0 Å². The Bertz CT molecular complexity index is 284. The lowest BCUT2D eigenvalue weighted by Gasteiger charge is -2.45. The third kappa shape index (κ3) is 3.85. The number of carbonyl (C=O) groups is 1. The Hall–Kier alpha value is -0.810. The number of hydrogen-bond acceptors (Lipinski definition) is 4. The molecule has 0 radical (unpaired) electrons. The molecule has 5 heteroatoms. The number of rotatable bonds is 1. The first kappa shape index (κ1) is 14.3. The SMILES string of the molecule is CC(C)(C)OC(=O)N1CCC(NN)CC1(C)C. The second-order valence-electron chi connectivity index (χ2n) is 6.30. The second kappa shape index (κ2) is 4.82. The average Bonchev–Trinajstić information content (AvgIpc) is 2.12. The van der Waals surface area contributed by atoms with Crippen molar-refractivity contribution in [3.63, 3.8) is 0 Å². The molecule has 1 amide bonds. The minimum absolute atomic E-state index is 0.225. The molecule has 1 fully saturated rings. The average molecular weight is 243 g/mol. The number of likely N-dealkylation sites (tertiary alicyclic amines) is 1. The molecule has 0 aliphatic carbocycles. The Morgan fingerprint density at radius 2 is 2.06 bits per heavy atom. The molecule has 0 spiro atoms. The topological polar surface area (TPSA) is 67.6 Å². The van der Waals surface area contributed by atoms with Crippen LogP contribution in [0.4, 0.5) is 4.79 Å². The molecule has 17 heavy (non-hydrogen) atoms. The van der Waals surface area contributed by atoms with Gasteiger partial charge in [0.15, 0.2) is 0 Å². The first-order chi connectivity index (χ1) is 7.65. The van der Waals surface area contributed by atoms with Crippen molar-refractivity contribution in [3.05, 3.63) is 0 Å². The van der Waals surface area contributed by atoms with Crippen LogP contribution < -0.4 is 11.3 Å². The number of hydrogen-bond donors (Lipinski definition) is 2. The van der Waals surface area contributed by atoms with Gasteiger partial charge in [-0.1, -0.05) is 0 Å². The standard InChI is InChI=1S/C12H25N3O2/c1-11(2,3)17-10(16)15-7-6-9(14-13)8-12(15,4)5/h9,14H,6-8,13H2,1-5H3. The monoisotopic (exact) mass is 243 g/mol. The summed E-state index contributed by atoms with van der Waals surface area (Å²) in [5, 5.41) is 0. The van der Waals surface area contributed by atoms with Gasteiger partial charge in [0.05, 0.1) is 0 Å². The minimum Gasteiger partial charge on any atom is -0.444 e. The maximum absolute atomic E-state index is 12.1. The summed E-state index contributed by atoms with van der Waals surface area (Å²) in [6.45, 7) is 10.4. The fraction of sp³-hybridized carbons (Fsp3) is 0.917. The van der Waals surface area contributed by atoms with Crippen molar-refractivity contribution in [2.45, 2.75) is 64.6 Å². The normalized spacial score (nSPS) is 24.6. The van der Waals surface area contributed by atoms with Crippen LogP contribution in [0, 0.1) is 0 Å². The second-order valence-corrected chi connectivity index (χ2v) is 6.30. The smallest absolute Gasteiger partial charge is 0.410 e. The van der Waals surface area contributed by atoms with Gasteiger partial charge in [0.1, 0.15) is 5.60 Å². The molecule has 100 valence electrons. The fourth-order valence-corrected chi connectivity index (χ4v) is 2.20. The predicted molar refractivity (Wildman–Crippen MR) is 67.4 cm³/mol. The molecule has 0 aromatic heterocycles. The highest BCUT2D eigenvalue weighted by Gasteiger charge is 2.39. The third-order valence-electron chi connectivity index (χ3n) is 3.03. The lowest BCUT2D eigenvalue weighted by atomic mass is 9.87. The molecular weight excluding hydrogens is 218 g/mol. The van der Waals surface area contributed by atoms with Crippen LogP contribution in [0.3, 0.4) is 0 Å². The zero-order valence-corrected chi connectivity index (χ0v) is 11.5. The number of piperidine rings is 1. The molecule has 0 bridgehead atoms. The van der Waals surface area contributed by atoms with Crippen molar-refractivity contribution in [1.82, 2.24) is 10.3 Å². The van der Waals surface area contributed by atoms with Crippen molar-refractivity contribution in [2.24, 2.45) is 5.84 Å². The van der Waals surface area contributed by atoms with Crippen LogP contribution in [-0.2, 0) is 4.74 Å². The van der Waals surface area contributed by atoms with Gasteiger partial charge in [0, 0.05) is 18.1 Å². The lowest BCUT2D eigenvalue weighted by Crippen LogP contribution is -2.58. The molecule has 0 saturated carbocycles. The largest absolute Gasteiger partial charge is 0.444 e. The molecule has 1 aliphatic rings. The summed E-state index contributed by atoms with van der Waals surface area (Å²) >= 11 is 0. The molecule has 1 saturated heterocycles. The van der Waals surface area contributed by atoms with E-state index in [2.05, 4.69) is 5.43 Å². The number of nitrogens with two attached hydrogens (primary N) is 1. The van der Waals surface area contributed by atoms with Gasteiger partial charge in [-0.3, -0.25) is 11.3 Å². The molecule has 1 rings (SSSR count). The maximum Gasteiger partial charge on any atom is 0.410 e. The number of carbonyl (C=O) groups excluding carboxylic acids is 1. The van der Waals surface area contributed by atoms with E-state index in [-0.39, 0.29) is 17.7 Å². The van der Waals surface area contributed by atoms with Crippen LogP contribution in [0.2, 0.25) is 0 Å². The highest BCUT2D eigenvalue weighted by molar-refractivity contribution is 5.69. The molecule has 3 N–H and O–H groups in total. The van der Waals surface area contributed by atoms with Crippen LogP contribution in [0.5, 0.6) is 0 Å². The first-order valence-electron chi connectivity index (χ1n) is 6.12. The van der Waals surface area contributed by atoms with E-state index in [0.29, 0.717) is 6.54 Å². The maximum atomic E-state index is 12.1. The van der Waals surface area contributed by atoms with Crippen molar-refractivity contribution in [1.29, 1.82) is 0 Å². The third-order valence-corrected chi connectivity index (χ3v) is 3.03. The molecule has 1 atom stereocenters. The van der Waals surface area contributed by atoms with E-state index in [1.54, 1.807) is 4.90 Å². The first-order valence-corrected chi connectivity index (χ1v) is 6.12. The molecular formula is C12H25N3O2. The van der Waals surface area contributed by atoms with Gasteiger partial charge in [-0.05, 0) is 47.5 Å². The van der Waals surface area contributed by atoms with Crippen molar-refractivity contribution in [2.75, 3.05) is 6.54 Å². The van der Waals surface area contributed by atoms with Gasteiger partial charge in [-0.2, -0.15) is 0 Å². The molecule has 1 unspecified atom stereocenters. The van der Waals surface area contributed by atoms with E-state index in [1.165, 1.54) is 0 Å². The summed E-state index contributed by atoms with van der Waals surface area (Å²) in [6.07, 6.45) is 1.46. The number of ether oxygens (including phenoxy) is 1. The van der Waals surface area contributed by atoms with Crippen molar-refractivity contribution in [3.8, 4) is 0 Å². The Balaban J connectivity index is 2.68. The quantitative estimate of drug-likeness (QED) is 0.542. The predicted octanol–water partition coefficient (Wildman–Crippen LogP) is 1.63. The van der Waals surface area contributed by atoms with E-state index in [4.69, 9.17) is 10.6 Å². The Morgan fingerprint density at radius 1 is 1.47 bits per heavy atom. The van der Waals surface area contributed by atoms with Gasteiger partial charge < -0.3 is 9.64 Å². The zero-order chi connectivity index (χ0) is 13.3. The summed E-state index contributed by atoms with van der Waals surface area (Å²) < 4.78 is 5.42. The van der Waals surface area contributed by atoms with Crippen LogP contribution in [-0.4, -0.2) is 34.7 Å². The van der Waals surface area contributed by atoms with E-state index in [0.717, 1.165) is 12.8 Å². The highest BCUT2D eigenvalue weighted by atomic mass is 16.6. The summed E-state index contributed by atoms with van der Waals surface area (Å²) in [5.41, 5.74) is 2.12. The van der Waals surface area contributed by atoms with Gasteiger partial charge in [0.25, 0.3) is 0 Å². The van der Waals surface area contributed by atoms with Crippen molar-refractivity contribution >= 4 is 6.09 Å². The number of nitrogens with one attached hydrogen (secondary N) is 1. The fourth-order valence-electron chi connectivity index (χ4n) is 2.20. The summed E-state index contributed by atoms with van der Waals surface area (Å²) in [7, 11) is 0. The Labute approximate surface area is 104 Å². The number of nitrogens with zero attached hydrogens (tertiary/aromatic N) is 1. The van der Waals surface area contributed by atoms with Crippen LogP contribution in [0.1, 0.15) is 47.5 Å². The van der Waals surface area contributed by atoms with Crippen molar-refractivity contribution < 1.29 is 9.53 Å². The van der Waals surface area contributed by atoms with Gasteiger partial charge in [-0.25, -0.2) is 4.79 Å². The van der Waals surface area contributed by atoms with E-state index >= 15 is 0 Å². The minimum atomic E-state index is -0.448. The van der Waals surface area contributed by atoms with Gasteiger partial charge in [0.2, 0.25) is 0 Å². The summed E-state index contributed by atoms with van der Waals surface area (Å²) in [5.74, 6) is 5.46. The summed E-state index contributed by atoms with van der Waals surface area (Å²) in [6, 6.07) is 0.267. The Morgan fingerprint density at radius 3 is 2.47 bits per heavy atom. The molecule has 1 aliphatic heterocycles. The molecule has 0 aromatic carbocycles. The lowest BCUT2D eigenvalue weighted by molar-refractivity contribution is -0.0109. The van der Waals surface area contributed by atoms with Crippen LogP contribution in [0.25, 0.3) is 0 Å². The Kier molecular flexibility index (Phi) is 4.04.